The maximum absolute atomic E-state index is 15.6. The number of amides is 3. The van der Waals surface area contributed by atoms with Crippen molar-refractivity contribution in [1.82, 2.24) is 20.1 Å². The number of aromatic nitrogens is 1. The van der Waals surface area contributed by atoms with Crippen LogP contribution in [-0.4, -0.2) is 66.3 Å². The van der Waals surface area contributed by atoms with E-state index in [9.17, 15) is 9.59 Å². The molecule has 5 rings (SSSR count). The number of alkyl halides is 1. The highest BCUT2D eigenvalue weighted by Gasteiger charge is 2.36. The van der Waals surface area contributed by atoms with Crippen molar-refractivity contribution in [2.45, 2.75) is 50.7 Å². The highest BCUT2D eigenvalue weighted by Crippen LogP contribution is 2.37. The van der Waals surface area contributed by atoms with Crippen LogP contribution in [0.1, 0.15) is 43.7 Å². The quantitative estimate of drug-likeness (QED) is 0.708. The summed E-state index contributed by atoms with van der Waals surface area (Å²) < 4.78 is 47.7. The highest BCUT2D eigenvalue weighted by atomic mass is 19.1. The summed E-state index contributed by atoms with van der Waals surface area (Å²) in [4.78, 5) is 26.8. The topological polar surface area (TPSA) is 69.6 Å². The molecule has 34 heavy (non-hydrogen) atoms. The molecule has 3 saturated heterocycles. The number of benzene rings is 1. The van der Waals surface area contributed by atoms with E-state index in [1.807, 2.05) is 10.8 Å². The first-order chi connectivity index (χ1) is 16.3. The SMILES string of the molecule is Cc1cn(C2CCN(CC3(F)CCNCC3)CC2)c2cc(F)c(N3CCC(=O)NC3=O)c(F)c12. The molecule has 0 radical (unpaired) electrons. The Morgan fingerprint density at radius 1 is 1.12 bits per heavy atom. The van der Waals surface area contributed by atoms with Crippen LogP contribution in [0.25, 0.3) is 10.9 Å². The second-order valence-corrected chi connectivity index (χ2v) is 9.80. The van der Waals surface area contributed by atoms with Crippen LogP contribution in [-0.2, 0) is 4.79 Å². The lowest BCUT2D eigenvalue weighted by molar-refractivity contribution is -0.120. The van der Waals surface area contributed by atoms with Crippen LogP contribution in [0.4, 0.5) is 23.7 Å². The van der Waals surface area contributed by atoms with Gasteiger partial charge in [-0.25, -0.2) is 18.0 Å². The van der Waals surface area contributed by atoms with Gasteiger partial charge in [0.2, 0.25) is 5.91 Å². The Hall–Kier alpha value is -2.59. The number of anilines is 1. The van der Waals surface area contributed by atoms with Gasteiger partial charge in [-0.05, 0) is 51.3 Å². The molecule has 3 aliphatic rings. The molecule has 10 heteroatoms. The number of nitrogens with one attached hydrogen (secondary N) is 2. The molecule has 1 aromatic carbocycles. The number of rotatable bonds is 4. The van der Waals surface area contributed by atoms with Crippen molar-refractivity contribution in [3.63, 3.8) is 0 Å². The van der Waals surface area contributed by atoms with E-state index in [0.29, 0.717) is 43.6 Å². The van der Waals surface area contributed by atoms with Crippen LogP contribution >= 0.6 is 0 Å². The van der Waals surface area contributed by atoms with Crippen LogP contribution in [0.15, 0.2) is 12.3 Å². The van der Waals surface area contributed by atoms with Crippen molar-refractivity contribution in [3.8, 4) is 0 Å². The normalized spacial score (nSPS) is 22.4. The molecule has 0 spiro atoms. The Balaban J connectivity index is 1.37. The number of hydrogen-bond donors (Lipinski definition) is 2. The van der Waals surface area contributed by atoms with Gasteiger partial charge in [0.1, 0.15) is 11.4 Å². The van der Waals surface area contributed by atoms with Gasteiger partial charge in [-0.15, -0.1) is 0 Å². The lowest BCUT2D eigenvalue weighted by Crippen LogP contribution is -2.50. The van der Waals surface area contributed by atoms with Crippen LogP contribution in [0.3, 0.4) is 0 Å². The van der Waals surface area contributed by atoms with E-state index in [1.165, 1.54) is 6.07 Å². The summed E-state index contributed by atoms with van der Waals surface area (Å²) in [6.07, 6.45) is 4.40. The van der Waals surface area contributed by atoms with E-state index in [0.717, 1.165) is 30.8 Å². The Morgan fingerprint density at radius 3 is 2.50 bits per heavy atom. The molecule has 3 amide bonds. The summed E-state index contributed by atoms with van der Waals surface area (Å²) in [7, 11) is 0. The average molecular weight is 478 g/mol. The summed E-state index contributed by atoms with van der Waals surface area (Å²) in [6.45, 7) is 4.99. The smallest absolute Gasteiger partial charge is 0.328 e. The number of carbonyl (C=O) groups is 2. The number of imide groups is 1. The number of hydrogen-bond acceptors (Lipinski definition) is 4. The highest BCUT2D eigenvalue weighted by molar-refractivity contribution is 6.06. The number of urea groups is 1. The molecule has 3 aliphatic heterocycles. The molecule has 4 heterocycles. The third-order valence-corrected chi connectivity index (χ3v) is 7.46. The van der Waals surface area contributed by atoms with Crippen LogP contribution in [0.2, 0.25) is 0 Å². The Bertz CT molecular complexity index is 1120. The summed E-state index contributed by atoms with van der Waals surface area (Å²) in [5, 5.41) is 5.59. The first kappa shape index (κ1) is 23.2. The molecule has 0 aliphatic carbocycles. The van der Waals surface area contributed by atoms with Gasteiger partial charge >= 0.3 is 6.03 Å². The standard InChI is InChI=1S/C24H30F3N5O2/c1-15-13-32(16-2-9-30(10-3-16)14-24(27)5-7-28-8-6-24)18-12-17(25)22(21(26)20(15)18)31-11-4-19(33)29-23(31)34/h12-13,16,28H,2-11,14H2,1H3,(H,29,33,34). The molecule has 0 saturated carbocycles. The zero-order chi connectivity index (χ0) is 24.0. The summed E-state index contributed by atoms with van der Waals surface area (Å²) in [6, 6.07) is 0.511. The third-order valence-electron chi connectivity index (χ3n) is 7.46. The number of carbonyl (C=O) groups excluding carboxylic acids is 2. The van der Waals surface area contributed by atoms with E-state index >= 15 is 13.2 Å². The van der Waals surface area contributed by atoms with Gasteiger partial charge in [0.05, 0.1) is 5.52 Å². The third kappa shape index (κ3) is 4.17. The molecular formula is C24H30F3N5O2. The molecule has 3 fully saturated rings. The second-order valence-electron chi connectivity index (χ2n) is 9.80. The monoisotopic (exact) mass is 477 g/mol. The molecule has 2 N–H and O–H groups in total. The fourth-order valence-corrected chi connectivity index (χ4v) is 5.63. The maximum Gasteiger partial charge on any atom is 0.328 e. The minimum absolute atomic E-state index is 0.0160. The molecule has 2 aromatic rings. The average Bonchev–Trinajstić information content (AvgIpc) is 3.12. The van der Waals surface area contributed by atoms with Crippen molar-refractivity contribution in [3.05, 3.63) is 29.5 Å². The van der Waals surface area contributed by atoms with Gasteiger partial charge in [-0.1, -0.05) is 0 Å². The van der Waals surface area contributed by atoms with Crippen molar-refractivity contribution < 1.29 is 22.8 Å². The van der Waals surface area contributed by atoms with Crippen molar-refractivity contribution in [1.29, 1.82) is 0 Å². The first-order valence-electron chi connectivity index (χ1n) is 12.0. The number of likely N-dealkylation sites (tertiary alicyclic amines) is 1. The molecule has 0 unspecified atom stereocenters. The van der Waals surface area contributed by atoms with Gasteiger partial charge in [0.15, 0.2) is 11.6 Å². The van der Waals surface area contributed by atoms with Crippen molar-refractivity contribution >= 4 is 28.5 Å². The van der Waals surface area contributed by atoms with Gasteiger partial charge in [0, 0.05) is 56.3 Å². The van der Waals surface area contributed by atoms with Crippen LogP contribution in [0.5, 0.6) is 0 Å². The van der Waals surface area contributed by atoms with Gasteiger partial charge in [0.25, 0.3) is 0 Å². The lowest BCUT2D eigenvalue weighted by atomic mass is 9.92. The Labute approximate surface area is 196 Å². The number of halogens is 3. The summed E-state index contributed by atoms with van der Waals surface area (Å²) >= 11 is 0. The van der Waals surface area contributed by atoms with E-state index in [-0.39, 0.29) is 24.4 Å². The van der Waals surface area contributed by atoms with Crippen LogP contribution in [0, 0.1) is 18.6 Å². The Morgan fingerprint density at radius 2 is 1.82 bits per heavy atom. The maximum atomic E-state index is 15.6. The molecule has 0 bridgehead atoms. The van der Waals surface area contributed by atoms with Gasteiger partial charge in [-0.3, -0.25) is 15.0 Å². The minimum Gasteiger partial charge on any atom is -0.344 e. The van der Waals surface area contributed by atoms with Crippen molar-refractivity contribution in [2.75, 3.05) is 44.2 Å². The predicted octanol–water partition coefficient (Wildman–Crippen LogP) is 3.40. The molecular weight excluding hydrogens is 447 g/mol. The fourth-order valence-electron chi connectivity index (χ4n) is 5.63. The number of nitrogens with zero attached hydrogens (tertiary/aromatic N) is 3. The van der Waals surface area contributed by atoms with Crippen molar-refractivity contribution in [2.24, 2.45) is 0 Å². The fraction of sp³-hybridized carbons (Fsp3) is 0.583. The molecule has 1 aromatic heterocycles. The van der Waals surface area contributed by atoms with E-state index < -0.39 is 34.9 Å². The van der Waals surface area contributed by atoms with E-state index in [1.54, 1.807) is 6.92 Å². The summed E-state index contributed by atoms with van der Waals surface area (Å²) in [5.74, 6) is -2.09. The molecule has 7 nitrogen and oxygen atoms in total. The van der Waals surface area contributed by atoms with E-state index in [2.05, 4.69) is 15.5 Å². The Kier molecular flexibility index (Phi) is 6.05. The lowest BCUT2D eigenvalue weighted by Gasteiger charge is -2.39. The zero-order valence-corrected chi connectivity index (χ0v) is 19.3. The van der Waals surface area contributed by atoms with Crippen LogP contribution < -0.4 is 15.5 Å². The largest absolute Gasteiger partial charge is 0.344 e. The molecule has 0 atom stereocenters. The zero-order valence-electron chi connectivity index (χ0n) is 19.3. The number of fused-ring (bicyclic) bond motifs is 1. The number of piperidine rings is 2. The minimum atomic E-state index is -1.15. The second kappa shape index (κ2) is 8.88. The predicted molar refractivity (Wildman–Crippen MR) is 123 cm³/mol. The van der Waals surface area contributed by atoms with E-state index in [4.69, 9.17) is 0 Å². The number of aryl methyl sites for hydroxylation is 1. The van der Waals surface area contributed by atoms with Gasteiger partial charge in [-0.2, -0.15) is 0 Å². The summed E-state index contributed by atoms with van der Waals surface area (Å²) in [5.41, 5.74) is -0.475. The first-order valence-corrected chi connectivity index (χ1v) is 12.0. The molecule has 184 valence electrons. The van der Waals surface area contributed by atoms with Gasteiger partial charge < -0.3 is 14.8 Å².